The quantitative estimate of drug-likeness (QED) is 0.306. The van der Waals surface area contributed by atoms with E-state index in [-0.39, 0.29) is 5.91 Å². The van der Waals surface area contributed by atoms with Crippen LogP contribution < -0.4 is 5.43 Å². The second-order valence-electron chi connectivity index (χ2n) is 5.89. The van der Waals surface area contributed by atoms with Crippen LogP contribution in [0, 0.1) is 13.8 Å². The van der Waals surface area contributed by atoms with Gasteiger partial charge in [-0.05, 0) is 82.1 Å². The van der Waals surface area contributed by atoms with E-state index in [1.807, 2.05) is 56.3 Å². The number of aromatic nitrogens is 1. The van der Waals surface area contributed by atoms with Gasteiger partial charge in [0.15, 0.2) is 0 Å². The maximum Gasteiger partial charge on any atom is 0.272 e. The monoisotopic (exact) mass is 551 g/mol. The van der Waals surface area contributed by atoms with E-state index >= 15 is 0 Å². The highest BCUT2D eigenvalue weighted by atomic mass is 79.9. The Hall–Kier alpha value is -1.70. The molecule has 0 atom stereocenters. The van der Waals surface area contributed by atoms with E-state index in [1.165, 1.54) is 0 Å². The Labute approximate surface area is 183 Å². The molecule has 4 nitrogen and oxygen atoms in total. The summed E-state index contributed by atoms with van der Waals surface area (Å²) in [7, 11) is 0. The standard InChI is InChI=1S/C20H16Br3N3O/c1-12-17(11-24-25-20(27)16-5-3-4-6-18(16)22)19(23)13(2)26(12)15-9-7-14(21)8-10-15/h3-11H,1-2H3,(H,25,27)/b24-11-. The third kappa shape index (κ3) is 4.25. The SMILES string of the molecule is Cc1c(Br)c(/C=N\NC(=O)c2ccccc2Br)c(C)n1-c1ccc(Br)cc1. The molecule has 0 aliphatic heterocycles. The minimum Gasteiger partial charge on any atom is -0.317 e. The zero-order chi connectivity index (χ0) is 19.6. The first kappa shape index (κ1) is 20.0. The lowest BCUT2D eigenvalue weighted by Gasteiger charge is -2.09. The predicted molar refractivity (Wildman–Crippen MR) is 120 cm³/mol. The van der Waals surface area contributed by atoms with Gasteiger partial charge in [0.05, 0.1) is 11.8 Å². The van der Waals surface area contributed by atoms with E-state index in [4.69, 9.17) is 0 Å². The van der Waals surface area contributed by atoms with E-state index in [0.717, 1.165) is 36.1 Å². The molecule has 2 aromatic carbocycles. The molecule has 0 saturated carbocycles. The fourth-order valence-electron chi connectivity index (χ4n) is 2.81. The molecule has 138 valence electrons. The average Bonchev–Trinajstić information content (AvgIpc) is 2.86. The molecule has 1 amide bonds. The molecule has 3 aromatic rings. The second kappa shape index (κ2) is 8.54. The molecule has 1 aromatic heterocycles. The first-order valence-corrected chi connectivity index (χ1v) is 10.5. The second-order valence-corrected chi connectivity index (χ2v) is 8.45. The summed E-state index contributed by atoms with van der Waals surface area (Å²) in [6.45, 7) is 4.06. The number of carbonyl (C=O) groups is 1. The molecule has 27 heavy (non-hydrogen) atoms. The predicted octanol–water partition coefficient (Wildman–Crippen LogP) is 6.15. The van der Waals surface area contributed by atoms with Crippen LogP contribution in [0.25, 0.3) is 5.69 Å². The van der Waals surface area contributed by atoms with Crippen LogP contribution in [0.5, 0.6) is 0 Å². The molecular weight excluding hydrogens is 538 g/mol. The Bertz CT molecular complexity index is 1020. The third-order valence-electron chi connectivity index (χ3n) is 4.18. The van der Waals surface area contributed by atoms with Crippen molar-refractivity contribution in [3.05, 3.63) is 84.5 Å². The zero-order valence-electron chi connectivity index (χ0n) is 14.6. The highest BCUT2D eigenvalue weighted by molar-refractivity contribution is 9.11. The fourth-order valence-corrected chi connectivity index (χ4v) is 4.11. The van der Waals surface area contributed by atoms with Crippen molar-refractivity contribution in [3.63, 3.8) is 0 Å². The van der Waals surface area contributed by atoms with Gasteiger partial charge in [0.1, 0.15) is 0 Å². The smallest absolute Gasteiger partial charge is 0.272 e. The molecule has 0 bridgehead atoms. The summed E-state index contributed by atoms with van der Waals surface area (Å²) < 4.78 is 4.85. The van der Waals surface area contributed by atoms with Gasteiger partial charge in [-0.2, -0.15) is 5.10 Å². The van der Waals surface area contributed by atoms with E-state index in [0.29, 0.717) is 5.56 Å². The van der Waals surface area contributed by atoms with E-state index < -0.39 is 0 Å². The summed E-state index contributed by atoms with van der Waals surface area (Å²) in [5, 5.41) is 4.15. The number of nitrogens with one attached hydrogen (secondary N) is 1. The molecule has 0 unspecified atom stereocenters. The van der Waals surface area contributed by atoms with Crippen LogP contribution in [0.3, 0.4) is 0 Å². The Morgan fingerprint density at radius 2 is 1.67 bits per heavy atom. The van der Waals surface area contributed by atoms with Gasteiger partial charge in [-0.15, -0.1) is 0 Å². The molecule has 0 fully saturated rings. The summed E-state index contributed by atoms with van der Waals surface area (Å²) in [6.07, 6.45) is 1.66. The number of rotatable bonds is 4. The molecule has 7 heteroatoms. The lowest BCUT2D eigenvalue weighted by Crippen LogP contribution is -2.18. The van der Waals surface area contributed by atoms with Crippen molar-refractivity contribution < 1.29 is 4.79 Å². The van der Waals surface area contributed by atoms with Crippen molar-refractivity contribution in [3.8, 4) is 5.69 Å². The summed E-state index contributed by atoms with van der Waals surface area (Å²) in [6, 6.07) is 15.3. The summed E-state index contributed by atoms with van der Waals surface area (Å²) >= 11 is 10.5. The van der Waals surface area contributed by atoms with Gasteiger partial charge >= 0.3 is 0 Å². The maximum atomic E-state index is 12.3. The Balaban J connectivity index is 1.86. The first-order valence-electron chi connectivity index (χ1n) is 8.11. The molecule has 0 spiro atoms. The molecule has 1 heterocycles. The van der Waals surface area contributed by atoms with Crippen LogP contribution in [0.15, 0.2) is 67.1 Å². The van der Waals surface area contributed by atoms with Gasteiger partial charge in [0.25, 0.3) is 5.91 Å². The van der Waals surface area contributed by atoms with Crippen molar-refractivity contribution in [2.75, 3.05) is 0 Å². The largest absolute Gasteiger partial charge is 0.317 e. The molecule has 0 aliphatic rings. The van der Waals surface area contributed by atoms with Crippen molar-refractivity contribution >= 4 is 59.9 Å². The van der Waals surface area contributed by atoms with Crippen molar-refractivity contribution in [2.24, 2.45) is 5.10 Å². The highest BCUT2D eigenvalue weighted by Gasteiger charge is 2.16. The number of nitrogens with zero attached hydrogens (tertiary/aromatic N) is 2. The molecule has 0 aliphatic carbocycles. The number of carbonyl (C=O) groups excluding carboxylic acids is 1. The van der Waals surface area contributed by atoms with Crippen LogP contribution in [0.1, 0.15) is 27.3 Å². The molecule has 0 radical (unpaired) electrons. The van der Waals surface area contributed by atoms with Crippen molar-refractivity contribution in [2.45, 2.75) is 13.8 Å². The maximum absolute atomic E-state index is 12.3. The van der Waals surface area contributed by atoms with Crippen molar-refractivity contribution in [1.82, 2.24) is 9.99 Å². The number of benzene rings is 2. The minimum absolute atomic E-state index is 0.267. The first-order chi connectivity index (χ1) is 12.9. The van der Waals surface area contributed by atoms with E-state index in [2.05, 4.69) is 62.9 Å². The Kier molecular flexibility index (Phi) is 6.34. The number of halogens is 3. The highest BCUT2D eigenvalue weighted by Crippen LogP contribution is 2.30. The summed E-state index contributed by atoms with van der Waals surface area (Å²) in [5.74, 6) is -0.267. The van der Waals surface area contributed by atoms with Crippen LogP contribution in [-0.4, -0.2) is 16.7 Å². The summed E-state index contributed by atoms with van der Waals surface area (Å²) in [5.41, 5.74) is 7.19. The van der Waals surface area contributed by atoms with Gasteiger partial charge in [-0.25, -0.2) is 5.43 Å². The Morgan fingerprint density at radius 3 is 2.33 bits per heavy atom. The lowest BCUT2D eigenvalue weighted by molar-refractivity contribution is 0.0954. The lowest BCUT2D eigenvalue weighted by atomic mass is 10.2. The van der Waals surface area contributed by atoms with E-state index in [1.54, 1.807) is 12.3 Å². The van der Waals surface area contributed by atoms with Gasteiger partial charge in [0.2, 0.25) is 0 Å². The fraction of sp³-hybridized carbons (Fsp3) is 0.100. The van der Waals surface area contributed by atoms with Gasteiger partial charge in [-0.3, -0.25) is 4.79 Å². The number of hydrogen-bond donors (Lipinski definition) is 1. The van der Waals surface area contributed by atoms with Gasteiger partial charge < -0.3 is 4.57 Å². The normalized spacial score (nSPS) is 11.1. The van der Waals surface area contributed by atoms with Gasteiger partial charge in [0, 0.05) is 36.1 Å². The van der Waals surface area contributed by atoms with Crippen LogP contribution in [0.4, 0.5) is 0 Å². The van der Waals surface area contributed by atoms with Gasteiger partial charge in [-0.1, -0.05) is 28.1 Å². The number of hydrogen-bond acceptors (Lipinski definition) is 2. The van der Waals surface area contributed by atoms with Crippen LogP contribution >= 0.6 is 47.8 Å². The molecular formula is C20H16Br3N3O. The summed E-state index contributed by atoms with van der Waals surface area (Å²) in [4.78, 5) is 12.3. The molecule has 0 saturated heterocycles. The van der Waals surface area contributed by atoms with Crippen LogP contribution in [0.2, 0.25) is 0 Å². The molecule has 3 rings (SSSR count). The van der Waals surface area contributed by atoms with E-state index in [9.17, 15) is 4.79 Å². The minimum atomic E-state index is -0.267. The topological polar surface area (TPSA) is 46.4 Å². The average molecular weight is 554 g/mol. The Morgan fingerprint density at radius 1 is 1.00 bits per heavy atom. The number of amides is 1. The molecule has 1 N–H and O–H groups in total. The zero-order valence-corrected chi connectivity index (χ0v) is 19.4. The third-order valence-corrected chi connectivity index (χ3v) is 6.40. The van der Waals surface area contributed by atoms with Crippen molar-refractivity contribution in [1.29, 1.82) is 0 Å². The number of hydrazone groups is 1. The van der Waals surface area contributed by atoms with Crippen LogP contribution in [-0.2, 0) is 0 Å².